The summed E-state index contributed by atoms with van der Waals surface area (Å²) in [6.07, 6.45) is 5.98. The number of guanidine groups is 7. The third-order valence-electron chi connectivity index (χ3n) is 23.7. The maximum Gasteiger partial charge on any atom is 0.340 e. The predicted octanol–water partition coefficient (Wildman–Crippen LogP) is -2.32. The van der Waals surface area contributed by atoms with Crippen LogP contribution < -0.4 is 156 Å². The zero-order valence-electron chi connectivity index (χ0n) is 83.4. The van der Waals surface area contributed by atoms with Gasteiger partial charge in [-0.3, -0.25) is 95.4 Å². The summed E-state index contributed by atoms with van der Waals surface area (Å²) in [6.45, 7) is 0.882. The van der Waals surface area contributed by atoms with Crippen LogP contribution >= 0.6 is 11.3 Å². The molecule has 52 nitrogen and oxygen atoms in total. The molecule has 0 unspecified atom stereocenters. The van der Waals surface area contributed by atoms with E-state index in [1.54, 1.807) is 30.5 Å². The molecule has 0 saturated carbocycles. The number of amides is 12. The van der Waals surface area contributed by atoms with Crippen LogP contribution in [0.1, 0.15) is 208 Å². The minimum atomic E-state index is -1.59. The van der Waals surface area contributed by atoms with Crippen LogP contribution in [-0.2, 0) is 58.3 Å². The van der Waals surface area contributed by atoms with E-state index in [1.807, 2.05) is 80.5 Å². The Morgan fingerprint density at radius 1 is 0.354 bits per heavy atom. The Kier molecular flexibility index (Phi) is 48.9. The summed E-state index contributed by atoms with van der Waals surface area (Å²) in [5.41, 5.74) is 48.0. The van der Waals surface area contributed by atoms with Gasteiger partial charge in [-0.05, 0) is 189 Å². The van der Waals surface area contributed by atoms with E-state index in [4.69, 9.17) is 93.2 Å². The number of nitrogens with one attached hydrogen (secondary N) is 25. The number of primary amides is 1. The number of rotatable bonds is 66. The maximum atomic E-state index is 15.1. The second-order valence-electron chi connectivity index (χ2n) is 35.6. The minimum Gasteiger partial charge on any atom is -0.456 e. The van der Waals surface area contributed by atoms with Gasteiger partial charge in [0.2, 0.25) is 59.1 Å². The molecule has 0 aliphatic carbocycles. The van der Waals surface area contributed by atoms with E-state index in [2.05, 4.69) is 106 Å². The van der Waals surface area contributed by atoms with E-state index in [9.17, 15) is 52.7 Å². The number of anilines is 2. The van der Waals surface area contributed by atoms with E-state index in [0.717, 1.165) is 16.3 Å². The molecule has 53 heteroatoms. The molecule has 0 radical (unpaired) electrons. The van der Waals surface area contributed by atoms with Crippen molar-refractivity contribution in [1.82, 2.24) is 106 Å². The molecule has 0 bridgehead atoms. The molecule has 4 heterocycles. The Morgan fingerprint density at radius 3 is 1.05 bits per heavy atom. The predicted molar refractivity (Wildman–Crippen MR) is 556 cm³/mol. The van der Waals surface area contributed by atoms with Crippen molar-refractivity contribution in [2.75, 3.05) is 103 Å². The Bertz CT molecular complexity index is 5340. The minimum absolute atomic E-state index is 0.00746. The molecule has 0 fully saturated rings. The number of aromatic nitrogens is 2. The summed E-state index contributed by atoms with van der Waals surface area (Å²) in [5, 5.41) is 103. The Balaban J connectivity index is 1.00. The quantitative estimate of drug-likeness (QED) is 0.00841. The third-order valence-corrected chi connectivity index (χ3v) is 24.8. The zero-order valence-corrected chi connectivity index (χ0v) is 84.2. The second-order valence-corrected chi connectivity index (χ2v) is 36.7. The summed E-state index contributed by atoms with van der Waals surface area (Å²) in [4.78, 5) is 197. The van der Waals surface area contributed by atoms with Gasteiger partial charge in [-0.1, -0.05) is 18.9 Å². The van der Waals surface area contributed by atoms with Crippen LogP contribution in [0.25, 0.3) is 10.6 Å². The highest BCUT2D eigenvalue weighted by atomic mass is 32.1. The molecule has 5 aromatic rings. The molecule has 147 heavy (non-hydrogen) atoms. The molecule has 2 aliphatic rings. The number of nitrogens with two attached hydrogens (primary N) is 8. The summed E-state index contributed by atoms with van der Waals surface area (Å²) in [7, 11) is 7.57. The number of nitrogens with zero attached hydrogens (tertiary/aromatic N) is 4. The van der Waals surface area contributed by atoms with Gasteiger partial charge in [0.25, 0.3) is 11.8 Å². The smallest absolute Gasteiger partial charge is 0.340 e. The monoisotopic (exact) mass is 2060 g/mol. The molecule has 7 rings (SSSR count). The molecular weight excluding hydrogens is 1920 g/mol. The first-order valence-corrected chi connectivity index (χ1v) is 49.6. The van der Waals surface area contributed by atoms with Crippen molar-refractivity contribution < 1.29 is 71.8 Å². The molecular formula is C94H145N37O15S. The highest BCUT2D eigenvalue weighted by Crippen LogP contribution is 2.57. The fourth-order valence-electron chi connectivity index (χ4n) is 16.1. The number of hydrogen-bond donors (Lipinski definition) is 33. The fraction of sp³-hybridized carbons (Fsp3) is 0.511. The summed E-state index contributed by atoms with van der Waals surface area (Å²) >= 11 is 1.30. The lowest BCUT2D eigenvalue weighted by atomic mass is 9.77. The molecule has 802 valence electrons. The van der Waals surface area contributed by atoms with Crippen LogP contribution in [-0.4, -0.2) is 271 Å². The Morgan fingerprint density at radius 2 is 0.687 bits per heavy atom. The summed E-state index contributed by atoms with van der Waals surface area (Å²) in [6, 6.07) is 9.92. The lowest BCUT2D eigenvalue weighted by Crippen LogP contribution is -2.60. The molecule has 12 amide bonds. The first-order chi connectivity index (χ1) is 70.1. The van der Waals surface area contributed by atoms with Gasteiger partial charge in [0.15, 0.2) is 47.3 Å². The molecule has 8 atom stereocenters. The number of benzene rings is 3. The van der Waals surface area contributed by atoms with Crippen LogP contribution in [0.15, 0.2) is 85.3 Å². The number of carbonyl (C=O) groups is 13. The van der Waals surface area contributed by atoms with E-state index < -0.39 is 149 Å². The molecule has 3 aromatic carbocycles. The first-order valence-electron chi connectivity index (χ1n) is 48.8. The van der Waals surface area contributed by atoms with Crippen LogP contribution in [0.3, 0.4) is 0 Å². The lowest BCUT2D eigenvalue weighted by Gasteiger charge is -2.37. The number of fused-ring (bicyclic) bond motifs is 6. The normalized spacial score (nSPS) is 13.3. The van der Waals surface area contributed by atoms with Gasteiger partial charge in [0.05, 0.1) is 21.0 Å². The summed E-state index contributed by atoms with van der Waals surface area (Å²) in [5.74, 6) is -11.2. The largest absolute Gasteiger partial charge is 0.456 e. The van der Waals surface area contributed by atoms with Gasteiger partial charge in [0, 0.05) is 158 Å². The highest BCUT2D eigenvalue weighted by Gasteiger charge is 2.54. The van der Waals surface area contributed by atoms with Crippen molar-refractivity contribution in [3.63, 3.8) is 0 Å². The number of unbranched alkanes of at least 4 members (excludes halogenated alkanes) is 5. The van der Waals surface area contributed by atoms with Gasteiger partial charge in [-0.15, -0.1) is 11.3 Å². The SMILES string of the molecule is CN(C)c1ccc2c(c1)Oc1cc(N(C)C)ccc1C21OC(=O)c2cc(C(=O)NCCCC[C@@H](NC(=O)[C@@H](CCCNC(=N)N)NC(=O)[C@@H](CCCNC(=N)N)NC(=O)[C@@H](CCCNC(=N)N)NC(=O)[C@@H](CCCNC(=N)N)NC(=O)[C@@H](CCCNC(=N)N)NC(=O)[C@@H](CCCNC(=N)N)NC(=O)CCCCCNC(=O)[C@@H](CCCNC(=N)N)NC(=O)CCCCCNC(=O)c3ccc(-c4ccncn4)s3)C(N)=O)ccc21. The standard InChI is InChI=1S/C94H145N37O15S/c1-130(2)55-31-34-59-70(51-55)145-71-52-56(131(3)4)32-35-60(71)94(59)58-33-30-54(50-57(58)86(144)146-94)77(135)111-41-12-9-20-62(76(95)134)124-80(138)65(23-15-44-116-89(100)101)126-82(140)67(25-17-46-118-91(104)105)128-84(142)69(27-19-48-120-93(108)109)129-83(141)68(26-18-47-119-92(106)107)127-81(139)66(24-16-45-117-90(102)103)125-79(137)64(22-14-43-115-88(98)99)123-75(133)29-7-5-10-39-112-78(136)63(21-13-42-114-87(96)97)122-74(132)28-8-6-11-40-113-85(143)73-37-36-72(147-73)61-38-49-110-53-121-61/h30-38,49-53,62-69H,5-29,39-48H2,1-4H3,(H2,95,134)(H,111,135)(H,112,136)(H,113,143)(H,122,132)(H,123,133)(H,124,138)(H,125,137)(H,126,140)(H,127,139)(H,128,142)(H,129,141)(H4,96,97,114)(H4,98,99,115)(H4,100,101,116)(H4,102,103,117)(H4,104,105,118)(H4,106,107,119)(H4,108,109,120)/t62-,63-,64-,65-,66-,67-,68-,69-/m1/s1. The van der Waals surface area contributed by atoms with Gasteiger partial charge in [0.1, 0.15) is 66.2 Å². The first kappa shape index (κ1) is 118. The van der Waals surface area contributed by atoms with Crippen LogP contribution in [0.5, 0.6) is 11.5 Å². The van der Waals surface area contributed by atoms with Crippen molar-refractivity contribution in [3.8, 4) is 22.1 Å². The average Bonchev–Trinajstić information content (AvgIpc) is 1.56. The number of hydrogen-bond acceptors (Lipinski definition) is 27. The van der Waals surface area contributed by atoms with Crippen molar-refractivity contribution in [2.45, 2.75) is 214 Å². The topological polar surface area (TPSA) is 864 Å². The van der Waals surface area contributed by atoms with Crippen LogP contribution in [0, 0.1) is 37.9 Å². The third kappa shape index (κ3) is 40.2. The van der Waals surface area contributed by atoms with E-state index in [1.165, 1.54) is 23.7 Å². The Hall–Kier alpha value is -16.2. The number of carbonyl (C=O) groups excluding carboxylic acids is 13. The fourth-order valence-corrected chi connectivity index (χ4v) is 17.0. The van der Waals surface area contributed by atoms with Crippen molar-refractivity contribution in [2.24, 2.45) is 45.9 Å². The van der Waals surface area contributed by atoms with Crippen molar-refractivity contribution >= 4 is 141 Å². The van der Waals surface area contributed by atoms with E-state index in [-0.39, 0.29) is 216 Å². The highest BCUT2D eigenvalue weighted by molar-refractivity contribution is 7.17. The van der Waals surface area contributed by atoms with Gasteiger partial charge in [-0.25, -0.2) is 14.8 Å². The Labute approximate surface area is 856 Å². The molecule has 2 aliphatic heterocycles. The van der Waals surface area contributed by atoms with Gasteiger partial charge >= 0.3 is 5.97 Å². The lowest BCUT2D eigenvalue weighted by molar-refractivity contribution is -0.136. The van der Waals surface area contributed by atoms with E-state index >= 15 is 9.59 Å². The van der Waals surface area contributed by atoms with Crippen molar-refractivity contribution in [3.05, 3.63) is 118 Å². The molecule has 0 saturated heterocycles. The van der Waals surface area contributed by atoms with Crippen LogP contribution in [0.4, 0.5) is 11.4 Å². The number of esters is 1. The van der Waals surface area contributed by atoms with Crippen LogP contribution in [0.2, 0.25) is 0 Å². The average molecular weight is 2070 g/mol. The van der Waals surface area contributed by atoms with Gasteiger partial charge in [-0.2, -0.15) is 0 Å². The molecule has 41 N–H and O–H groups in total. The van der Waals surface area contributed by atoms with Gasteiger partial charge < -0.3 is 161 Å². The zero-order chi connectivity index (χ0) is 108. The van der Waals surface area contributed by atoms with Crippen molar-refractivity contribution in [1.29, 1.82) is 37.9 Å². The molecule has 1 spiro atoms. The number of thiophene rings is 1. The number of ether oxygens (including phenoxy) is 2. The second kappa shape index (κ2) is 61.1. The molecule has 2 aromatic heterocycles. The van der Waals surface area contributed by atoms with E-state index in [0.29, 0.717) is 83.8 Å². The summed E-state index contributed by atoms with van der Waals surface area (Å²) < 4.78 is 12.9. The maximum absolute atomic E-state index is 15.1.